The summed E-state index contributed by atoms with van der Waals surface area (Å²) in [6.45, 7) is 0. The van der Waals surface area contributed by atoms with Crippen LogP contribution in [0.5, 0.6) is 5.75 Å². The van der Waals surface area contributed by atoms with E-state index in [-0.39, 0.29) is 0 Å². The van der Waals surface area contributed by atoms with Crippen molar-refractivity contribution >= 4 is 17.2 Å². The van der Waals surface area contributed by atoms with Crippen molar-refractivity contribution in [2.45, 2.75) is 0 Å². The normalized spacial score (nSPS) is 12.6. The number of ether oxygens (including phenoxy) is 1. The summed E-state index contributed by atoms with van der Waals surface area (Å²) < 4.78 is 5.12. The summed E-state index contributed by atoms with van der Waals surface area (Å²) in [5, 5.41) is 4.49. The number of aliphatic imine (C=N–C) groups is 1. The van der Waals surface area contributed by atoms with Crippen molar-refractivity contribution in [3.05, 3.63) is 54.1 Å². The van der Waals surface area contributed by atoms with Gasteiger partial charge < -0.3 is 4.74 Å². The quantitative estimate of drug-likeness (QED) is 0.770. The molecular weight excluding hydrogens is 212 g/mol. The van der Waals surface area contributed by atoms with Crippen LogP contribution < -0.4 is 10.1 Å². The van der Waals surface area contributed by atoms with Crippen molar-refractivity contribution in [1.82, 2.24) is 5.32 Å². The first-order chi connectivity index (χ1) is 8.36. The number of hydrogen-bond donors (Lipinski definition) is 0. The van der Waals surface area contributed by atoms with E-state index < -0.39 is 0 Å². The van der Waals surface area contributed by atoms with Gasteiger partial charge in [-0.25, -0.2) is 10.3 Å². The molecule has 3 rings (SSSR count). The Morgan fingerprint density at radius 2 is 1.59 bits per heavy atom. The number of rotatable bonds is 2. The van der Waals surface area contributed by atoms with Crippen LogP contribution >= 0.6 is 0 Å². The Hall–Kier alpha value is -2.29. The minimum atomic E-state index is 0.758. The van der Waals surface area contributed by atoms with Crippen LogP contribution in [0.2, 0.25) is 0 Å². The van der Waals surface area contributed by atoms with E-state index in [9.17, 15) is 0 Å². The number of fused-ring (bicyclic) bond motifs is 1. The summed E-state index contributed by atoms with van der Waals surface area (Å²) in [7, 11) is 1.66. The zero-order valence-electron chi connectivity index (χ0n) is 9.42. The third kappa shape index (κ3) is 1.76. The molecule has 0 aromatic heterocycles. The Labute approximate surface area is 99.8 Å². The Bertz CT molecular complexity index is 573. The Balaban J connectivity index is 1.92. The molecule has 1 radical (unpaired) electrons. The first-order valence-electron chi connectivity index (χ1n) is 5.41. The lowest BCUT2D eigenvalue weighted by Crippen LogP contribution is -2.07. The van der Waals surface area contributed by atoms with Gasteiger partial charge in [0, 0.05) is 5.56 Å². The summed E-state index contributed by atoms with van der Waals surface area (Å²) in [4.78, 5) is 4.49. The molecule has 1 aliphatic rings. The maximum atomic E-state index is 5.12. The zero-order valence-corrected chi connectivity index (χ0v) is 9.42. The lowest BCUT2D eigenvalue weighted by Gasteiger charge is -2.02. The molecule has 0 unspecified atom stereocenters. The Morgan fingerprint density at radius 1 is 0.882 bits per heavy atom. The Kier molecular flexibility index (Phi) is 2.29. The van der Waals surface area contributed by atoms with E-state index in [0.29, 0.717) is 0 Å². The van der Waals surface area contributed by atoms with E-state index in [1.165, 1.54) is 0 Å². The third-order valence-corrected chi connectivity index (χ3v) is 2.68. The van der Waals surface area contributed by atoms with Crippen molar-refractivity contribution in [2.75, 3.05) is 7.11 Å². The highest BCUT2D eigenvalue weighted by Crippen LogP contribution is 2.31. The van der Waals surface area contributed by atoms with Crippen molar-refractivity contribution in [1.29, 1.82) is 0 Å². The predicted octanol–water partition coefficient (Wildman–Crippen LogP) is 3.02. The maximum absolute atomic E-state index is 5.12. The summed E-state index contributed by atoms with van der Waals surface area (Å²) >= 11 is 0. The van der Waals surface area contributed by atoms with Crippen molar-refractivity contribution in [3.63, 3.8) is 0 Å². The second-order valence-electron chi connectivity index (χ2n) is 3.76. The van der Waals surface area contributed by atoms with Gasteiger partial charge in [0.05, 0.1) is 18.5 Å². The maximum Gasteiger partial charge on any atom is 0.160 e. The minimum Gasteiger partial charge on any atom is -0.497 e. The molecule has 2 aromatic carbocycles. The average molecular weight is 223 g/mol. The van der Waals surface area contributed by atoms with Gasteiger partial charge in [-0.15, -0.1) is 0 Å². The van der Waals surface area contributed by atoms with Gasteiger partial charge in [0.15, 0.2) is 5.84 Å². The first-order valence-corrected chi connectivity index (χ1v) is 5.41. The summed E-state index contributed by atoms with van der Waals surface area (Å²) in [6, 6.07) is 15.6. The molecule has 17 heavy (non-hydrogen) atoms. The van der Waals surface area contributed by atoms with Crippen LogP contribution in [0.15, 0.2) is 53.5 Å². The van der Waals surface area contributed by atoms with Gasteiger partial charge in [0.2, 0.25) is 0 Å². The molecule has 2 aromatic rings. The van der Waals surface area contributed by atoms with Gasteiger partial charge in [-0.1, -0.05) is 12.1 Å². The van der Waals surface area contributed by atoms with Crippen molar-refractivity contribution in [2.24, 2.45) is 4.99 Å². The van der Waals surface area contributed by atoms with Crippen LogP contribution in [0, 0.1) is 0 Å². The fourth-order valence-corrected chi connectivity index (χ4v) is 1.78. The van der Waals surface area contributed by atoms with Crippen LogP contribution in [0.25, 0.3) is 0 Å². The number of amidine groups is 1. The summed E-state index contributed by atoms with van der Waals surface area (Å²) in [5.41, 5.74) is 2.86. The molecule has 0 amide bonds. The molecule has 0 bridgehead atoms. The molecule has 0 saturated carbocycles. The highest BCUT2D eigenvalue weighted by atomic mass is 16.5. The molecule has 3 heteroatoms. The smallest absolute Gasteiger partial charge is 0.160 e. The second-order valence-corrected chi connectivity index (χ2v) is 3.76. The lowest BCUT2D eigenvalue weighted by molar-refractivity contribution is 0.415. The molecule has 0 fully saturated rings. The minimum absolute atomic E-state index is 0.758. The lowest BCUT2D eigenvalue weighted by atomic mass is 10.2. The Morgan fingerprint density at radius 3 is 2.24 bits per heavy atom. The first kappa shape index (κ1) is 9.90. The highest BCUT2D eigenvalue weighted by molar-refractivity contribution is 6.07. The fraction of sp³-hybridized carbons (Fsp3) is 0.0714. The molecule has 0 N–H and O–H groups in total. The number of nitrogens with zero attached hydrogens (tertiary/aromatic N) is 2. The van der Waals surface area contributed by atoms with Crippen LogP contribution in [0.1, 0.15) is 5.56 Å². The van der Waals surface area contributed by atoms with Gasteiger partial charge in [-0.05, 0) is 36.4 Å². The van der Waals surface area contributed by atoms with Crippen LogP contribution in [-0.2, 0) is 0 Å². The molecule has 3 nitrogen and oxygen atoms in total. The molecule has 0 spiro atoms. The average Bonchev–Trinajstić information content (AvgIpc) is 2.82. The third-order valence-electron chi connectivity index (χ3n) is 2.68. The van der Waals surface area contributed by atoms with Crippen molar-refractivity contribution < 1.29 is 4.74 Å². The van der Waals surface area contributed by atoms with Crippen molar-refractivity contribution in [3.8, 4) is 5.75 Å². The molecule has 0 atom stereocenters. The molecular formula is C14H11N2O. The van der Waals surface area contributed by atoms with Gasteiger partial charge in [-0.3, -0.25) is 0 Å². The van der Waals surface area contributed by atoms with E-state index in [0.717, 1.165) is 28.5 Å². The molecule has 83 valence electrons. The predicted molar refractivity (Wildman–Crippen MR) is 67.4 cm³/mol. The van der Waals surface area contributed by atoms with Crippen LogP contribution in [0.3, 0.4) is 0 Å². The van der Waals surface area contributed by atoms with E-state index in [2.05, 4.69) is 10.3 Å². The molecule has 0 aliphatic carbocycles. The highest BCUT2D eigenvalue weighted by Gasteiger charge is 2.16. The summed E-state index contributed by atoms with van der Waals surface area (Å²) in [5.74, 6) is 1.60. The van der Waals surface area contributed by atoms with Gasteiger partial charge in [0.1, 0.15) is 5.75 Å². The number of hydrogen-bond acceptors (Lipinski definition) is 2. The topological polar surface area (TPSA) is 35.7 Å². The van der Waals surface area contributed by atoms with E-state index in [1.54, 1.807) is 7.11 Å². The largest absolute Gasteiger partial charge is 0.497 e. The van der Waals surface area contributed by atoms with Crippen LogP contribution in [-0.4, -0.2) is 12.9 Å². The number of para-hydroxylation sites is 2. The standard InChI is InChI=1S/C14H11N2O/c1-17-11-8-6-10(7-9-11)14-15-12-4-2-3-5-13(12)16-14/h2-9H,1H3. The second kappa shape index (κ2) is 3.94. The molecule has 1 heterocycles. The van der Waals surface area contributed by atoms with Gasteiger partial charge in [0.25, 0.3) is 0 Å². The summed E-state index contributed by atoms with van der Waals surface area (Å²) in [6.07, 6.45) is 0. The van der Waals surface area contributed by atoms with Crippen LogP contribution in [0.4, 0.5) is 11.4 Å². The number of methoxy groups -OCH3 is 1. The molecule has 0 saturated heterocycles. The monoisotopic (exact) mass is 223 g/mol. The SMILES string of the molecule is COc1ccc(C2=Nc3ccccc3[N]2)cc1. The zero-order chi connectivity index (χ0) is 11.7. The fourth-order valence-electron chi connectivity index (χ4n) is 1.78. The van der Waals surface area contributed by atoms with E-state index >= 15 is 0 Å². The number of benzene rings is 2. The van der Waals surface area contributed by atoms with E-state index in [1.807, 2.05) is 48.5 Å². The molecule has 1 aliphatic heterocycles. The van der Waals surface area contributed by atoms with Gasteiger partial charge >= 0.3 is 0 Å². The van der Waals surface area contributed by atoms with Gasteiger partial charge in [-0.2, -0.15) is 0 Å². The van der Waals surface area contributed by atoms with E-state index in [4.69, 9.17) is 4.74 Å².